The van der Waals surface area contributed by atoms with Crippen LogP contribution < -0.4 is 10.6 Å². The highest BCUT2D eigenvalue weighted by Gasteiger charge is 2.38. The van der Waals surface area contributed by atoms with Crippen molar-refractivity contribution in [3.8, 4) is 0 Å². The Kier molecular flexibility index (Phi) is 12.7. The van der Waals surface area contributed by atoms with Crippen LogP contribution in [-0.2, 0) is 30.3 Å². The molecule has 0 spiro atoms. The molecule has 240 valence electrons. The van der Waals surface area contributed by atoms with Gasteiger partial charge >= 0.3 is 12.1 Å². The number of hydrogen-bond donors (Lipinski definition) is 3. The molecule has 0 saturated carbocycles. The minimum absolute atomic E-state index is 0.105. The molecule has 10 heteroatoms. The lowest BCUT2D eigenvalue weighted by Gasteiger charge is -2.35. The third-order valence-corrected chi connectivity index (χ3v) is 6.57. The average Bonchev–Trinajstić information content (AvgIpc) is 2.91. The highest BCUT2D eigenvalue weighted by molar-refractivity contribution is 5.94. The van der Waals surface area contributed by atoms with Crippen molar-refractivity contribution < 1.29 is 33.8 Å². The predicted molar refractivity (Wildman–Crippen MR) is 169 cm³/mol. The number of esters is 1. The molecule has 0 heterocycles. The smallest absolute Gasteiger partial charge is 0.408 e. The van der Waals surface area contributed by atoms with Crippen LogP contribution in [0.2, 0.25) is 0 Å². The number of benzene rings is 2. The topological polar surface area (TPSA) is 134 Å². The summed E-state index contributed by atoms with van der Waals surface area (Å²) in [6.07, 6.45) is 0.695. The maximum atomic E-state index is 14.3. The van der Waals surface area contributed by atoms with Crippen LogP contribution in [0, 0.1) is 13.8 Å². The summed E-state index contributed by atoms with van der Waals surface area (Å²) in [5.74, 6) is -2.01. The minimum Gasteiger partial charge on any atom is -0.458 e. The molecular weight excluding hydrogens is 562 g/mol. The first kappa shape index (κ1) is 36.0. The molecule has 2 aromatic rings. The number of nitrogens with zero attached hydrogens (tertiary/aromatic N) is 1. The zero-order valence-corrected chi connectivity index (χ0v) is 27.1. The monoisotopic (exact) mass is 609 g/mol. The fraction of sp³-hybridized carbons (Fsp3) is 0.471. The summed E-state index contributed by atoms with van der Waals surface area (Å²) >= 11 is 0. The molecular formula is C34H47N3O7. The van der Waals surface area contributed by atoms with Crippen LogP contribution in [-0.4, -0.2) is 70.3 Å². The van der Waals surface area contributed by atoms with Crippen LogP contribution in [0.1, 0.15) is 69.8 Å². The summed E-state index contributed by atoms with van der Waals surface area (Å²) in [4.78, 5) is 55.4. The second-order valence-electron chi connectivity index (χ2n) is 12.6. The number of ether oxygens (including phenoxy) is 2. The SMILES string of the molecule is C=CCN(C(=O)C(CO)NC(=O)OC(C)(C)C)C(C(=O)NC(Cc1ccccc1)C(=O)OC(C)(C)C)c1cccc(C)c1C. The number of aliphatic hydroxyl groups is 1. The van der Waals surface area contributed by atoms with Gasteiger partial charge in [-0.05, 0) is 77.6 Å². The van der Waals surface area contributed by atoms with Gasteiger partial charge in [0.1, 0.15) is 29.3 Å². The summed E-state index contributed by atoms with van der Waals surface area (Å²) < 4.78 is 10.9. The Bertz CT molecular complexity index is 1310. The Balaban J connectivity index is 2.58. The standard InChI is InChI=1S/C34H47N3O7/c1-10-19-37(30(40)27(21-38)36-32(42)44-34(7,8)9)28(25-18-14-15-22(2)23(25)3)29(39)35-26(31(41)43-33(4,5)6)20-24-16-12-11-13-17-24/h10-18,26-28,38H,1,19-21H2,2-9H3,(H,35,39)(H,36,42). The third-order valence-electron chi connectivity index (χ3n) is 6.57. The first-order chi connectivity index (χ1) is 20.5. The first-order valence-corrected chi connectivity index (χ1v) is 14.6. The maximum absolute atomic E-state index is 14.3. The van der Waals surface area contributed by atoms with E-state index in [0.717, 1.165) is 16.7 Å². The van der Waals surface area contributed by atoms with E-state index in [2.05, 4.69) is 17.2 Å². The van der Waals surface area contributed by atoms with Crippen LogP contribution in [0.15, 0.2) is 61.2 Å². The zero-order chi connectivity index (χ0) is 33.2. The Morgan fingerprint density at radius 3 is 2.05 bits per heavy atom. The van der Waals surface area contributed by atoms with Crippen molar-refractivity contribution in [2.45, 2.75) is 91.1 Å². The second kappa shape index (κ2) is 15.5. The summed E-state index contributed by atoms with van der Waals surface area (Å²) in [6.45, 7) is 16.9. The number of aliphatic hydroxyl groups excluding tert-OH is 1. The van der Waals surface area contributed by atoms with Crippen molar-refractivity contribution in [3.05, 3.63) is 83.4 Å². The predicted octanol–water partition coefficient (Wildman–Crippen LogP) is 4.31. The van der Waals surface area contributed by atoms with Crippen LogP contribution in [0.3, 0.4) is 0 Å². The molecule has 0 aliphatic rings. The second-order valence-corrected chi connectivity index (χ2v) is 12.6. The lowest BCUT2D eigenvalue weighted by molar-refractivity contribution is -0.159. The molecule has 0 fully saturated rings. The van der Waals surface area contributed by atoms with E-state index in [0.29, 0.717) is 5.56 Å². The summed E-state index contributed by atoms with van der Waals surface area (Å²) in [6, 6.07) is 10.8. The summed E-state index contributed by atoms with van der Waals surface area (Å²) in [5.41, 5.74) is 1.29. The van der Waals surface area contributed by atoms with Crippen molar-refractivity contribution in [2.75, 3.05) is 13.2 Å². The quantitative estimate of drug-likeness (QED) is 0.241. The van der Waals surface area contributed by atoms with Crippen LogP contribution in [0.5, 0.6) is 0 Å². The molecule has 3 atom stereocenters. The number of carbonyl (C=O) groups is 4. The Hall–Kier alpha value is -4.18. The molecule has 10 nitrogen and oxygen atoms in total. The molecule has 3 N–H and O–H groups in total. The van der Waals surface area contributed by atoms with E-state index in [9.17, 15) is 24.3 Å². The number of rotatable bonds is 12. The molecule has 0 saturated heterocycles. The molecule has 2 rings (SSSR count). The summed E-state index contributed by atoms with van der Waals surface area (Å²) in [5, 5.41) is 15.4. The number of hydrogen-bond acceptors (Lipinski definition) is 7. The van der Waals surface area contributed by atoms with E-state index >= 15 is 0 Å². The molecule has 0 bridgehead atoms. The van der Waals surface area contributed by atoms with Gasteiger partial charge in [0.15, 0.2) is 0 Å². The number of carbonyl (C=O) groups excluding carboxylic acids is 4. The van der Waals surface area contributed by atoms with Gasteiger partial charge in [-0.15, -0.1) is 6.58 Å². The van der Waals surface area contributed by atoms with Gasteiger partial charge in [-0.3, -0.25) is 9.59 Å². The van der Waals surface area contributed by atoms with E-state index in [1.807, 2.05) is 50.2 Å². The van der Waals surface area contributed by atoms with Crippen molar-refractivity contribution in [1.29, 1.82) is 0 Å². The normalized spacial score (nSPS) is 13.6. The van der Waals surface area contributed by atoms with Gasteiger partial charge in [0, 0.05) is 13.0 Å². The Morgan fingerprint density at radius 2 is 1.50 bits per heavy atom. The molecule has 3 amide bonds. The number of nitrogens with one attached hydrogen (secondary N) is 2. The van der Waals surface area contributed by atoms with Crippen molar-refractivity contribution in [1.82, 2.24) is 15.5 Å². The maximum Gasteiger partial charge on any atom is 0.408 e. The molecule has 0 aliphatic carbocycles. The van der Waals surface area contributed by atoms with E-state index in [4.69, 9.17) is 9.47 Å². The van der Waals surface area contributed by atoms with E-state index < -0.39 is 59.8 Å². The van der Waals surface area contributed by atoms with Crippen molar-refractivity contribution in [3.63, 3.8) is 0 Å². The van der Waals surface area contributed by atoms with E-state index in [1.54, 1.807) is 53.7 Å². The van der Waals surface area contributed by atoms with Gasteiger partial charge in [-0.25, -0.2) is 9.59 Å². The summed E-state index contributed by atoms with van der Waals surface area (Å²) in [7, 11) is 0. The third kappa shape index (κ3) is 10.8. The lowest BCUT2D eigenvalue weighted by Crippen LogP contribution is -2.56. The Morgan fingerprint density at radius 1 is 0.886 bits per heavy atom. The average molecular weight is 610 g/mol. The largest absolute Gasteiger partial charge is 0.458 e. The Labute approximate surface area is 260 Å². The van der Waals surface area contributed by atoms with Gasteiger partial charge in [-0.1, -0.05) is 54.6 Å². The van der Waals surface area contributed by atoms with Gasteiger partial charge in [0.25, 0.3) is 0 Å². The highest BCUT2D eigenvalue weighted by atomic mass is 16.6. The van der Waals surface area contributed by atoms with Gasteiger partial charge in [0.05, 0.1) is 6.61 Å². The molecule has 0 aromatic heterocycles. The molecule has 2 aromatic carbocycles. The van der Waals surface area contributed by atoms with Gasteiger partial charge in [-0.2, -0.15) is 0 Å². The lowest BCUT2D eigenvalue weighted by atomic mass is 9.94. The number of alkyl carbamates (subject to hydrolysis) is 1. The highest BCUT2D eigenvalue weighted by Crippen LogP contribution is 2.28. The van der Waals surface area contributed by atoms with E-state index in [1.165, 1.54) is 11.0 Å². The van der Waals surface area contributed by atoms with Gasteiger partial charge in [0.2, 0.25) is 11.8 Å². The fourth-order valence-electron chi connectivity index (χ4n) is 4.48. The van der Waals surface area contributed by atoms with Crippen LogP contribution in [0.4, 0.5) is 4.79 Å². The molecule has 3 unspecified atom stereocenters. The fourth-order valence-corrected chi connectivity index (χ4v) is 4.48. The molecule has 0 radical (unpaired) electrons. The van der Waals surface area contributed by atoms with Crippen LogP contribution in [0.25, 0.3) is 0 Å². The van der Waals surface area contributed by atoms with Crippen LogP contribution >= 0.6 is 0 Å². The zero-order valence-electron chi connectivity index (χ0n) is 27.1. The first-order valence-electron chi connectivity index (χ1n) is 14.6. The molecule has 0 aliphatic heterocycles. The van der Waals surface area contributed by atoms with E-state index in [-0.39, 0.29) is 13.0 Å². The van der Waals surface area contributed by atoms with Crippen molar-refractivity contribution in [2.24, 2.45) is 0 Å². The van der Waals surface area contributed by atoms with Crippen molar-refractivity contribution >= 4 is 23.9 Å². The van der Waals surface area contributed by atoms with Gasteiger partial charge < -0.3 is 30.1 Å². The molecule has 44 heavy (non-hydrogen) atoms. The minimum atomic E-state index is -1.42. The number of aryl methyl sites for hydroxylation is 1. The number of amides is 3.